The first kappa shape index (κ1) is 16.7. The number of hydrogen-bond donors (Lipinski definition) is 2. The zero-order valence-corrected chi connectivity index (χ0v) is 14.1. The fourth-order valence-electron chi connectivity index (χ4n) is 1.64. The topological polar surface area (TPSA) is 76.1 Å². The van der Waals surface area contributed by atoms with E-state index in [-0.39, 0.29) is 6.03 Å². The minimum Gasteiger partial charge on any atom is -0.383 e. The number of carbonyl (C=O) groups is 1. The highest BCUT2D eigenvalue weighted by Crippen LogP contribution is 2.28. The number of aromatic nitrogens is 2. The fraction of sp³-hybridized carbons (Fsp3) is 0.357. The number of urea groups is 1. The van der Waals surface area contributed by atoms with Crippen LogP contribution >= 0.6 is 23.1 Å². The Labute approximate surface area is 137 Å². The van der Waals surface area contributed by atoms with Gasteiger partial charge < -0.3 is 10.1 Å². The predicted molar refractivity (Wildman–Crippen MR) is 89.5 cm³/mol. The van der Waals surface area contributed by atoms with Gasteiger partial charge in [-0.15, -0.1) is 10.2 Å². The number of rotatable bonds is 7. The number of aryl methyl sites for hydroxylation is 1. The Morgan fingerprint density at radius 1 is 1.36 bits per heavy atom. The average Bonchev–Trinajstić information content (AvgIpc) is 2.94. The van der Waals surface area contributed by atoms with Gasteiger partial charge in [-0.25, -0.2) is 4.79 Å². The van der Waals surface area contributed by atoms with Crippen molar-refractivity contribution in [1.29, 1.82) is 0 Å². The third-order valence-electron chi connectivity index (χ3n) is 2.83. The molecule has 1 heterocycles. The van der Waals surface area contributed by atoms with Crippen LogP contribution in [0.4, 0.5) is 9.93 Å². The Balaban J connectivity index is 1.81. The number of methoxy groups -OCH3 is 1. The summed E-state index contributed by atoms with van der Waals surface area (Å²) in [4.78, 5) is 11.6. The van der Waals surface area contributed by atoms with E-state index in [0.29, 0.717) is 18.3 Å². The van der Waals surface area contributed by atoms with Gasteiger partial charge in [-0.2, -0.15) is 0 Å². The maximum Gasteiger partial charge on any atom is 0.321 e. The molecule has 0 unspecified atom stereocenters. The Kier molecular flexibility index (Phi) is 6.63. The quantitative estimate of drug-likeness (QED) is 0.461. The van der Waals surface area contributed by atoms with Gasteiger partial charge in [-0.05, 0) is 18.1 Å². The van der Waals surface area contributed by atoms with Crippen molar-refractivity contribution >= 4 is 34.3 Å². The second-order valence-corrected chi connectivity index (χ2v) is 6.66. The molecule has 0 fully saturated rings. The van der Waals surface area contributed by atoms with Crippen molar-refractivity contribution in [2.45, 2.75) is 17.0 Å². The van der Waals surface area contributed by atoms with Gasteiger partial charge in [0.1, 0.15) is 0 Å². The highest BCUT2D eigenvalue weighted by Gasteiger charge is 2.08. The molecule has 0 saturated carbocycles. The lowest BCUT2D eigenvalue weighted by Crippen LogP contribution is -2.31. The Bertz CT molecular complexity index is 618. The van der Waals surface area contributed by atoms with Crippen molar-refractivity contribution in [3.8, 4) is 0 Å². The highest BCUT2D eigenvalue weighted by atomic mass is 32.2. The zero-order valence-electron chi connectivity index (χ0n) is 12.5. The molecule has 0 aliphatic rings. The molecule has 0 radical (unpaired) electrons. The number of carbonyl (C=O) groups excluding carboxylic acids is 1. The first-order valence-electron chi connectivity index (χ1n) is 6.73. The van der Waals surface area contributed by atoms with E-state index in [1.807, 2.05) is 12.1 Å². The monoisotopic (exact) mass is 338 g/mol. The number of anilines is 1. The summed E-state index contributed by atoms with van der Waals surface area (Å²) in [6, 6.07) is 7.95. The molecule has 1 aromatic heterocycles. The first-order chi connectivity index (χ1) is 10.7. The summed E-state index contributed by atoms with van der Waals surface area (Å²) in [7, 11) is 1.59. The predicted octanol–water partition coefficient (Wildman–Crippen LogP) is 2.91. The molecule has 2 aromatic rings. The van der Waals surface area contributed by atoms with Crippen molar-refractivity contribution in [3.63, 3.8) is 0 Å². The lowest BCUT2D eigenvalue weighted by atomic mass is 10.1. The standard InChI is InChI=1S/C14H18N4O2S2/c1-10-5-3-4-6-11(10)9-21-14-18-17-13(22-14)16-12(19)15-7-8-20-2/h3-6H,7-9H2,1-2H3,(H2,15,16,17,19). The van der Waals surface area contributed by atoms with E-state index in [2.05, 4.69) is 39.9 Å². The van der Waals surface area contributed by atoms with Gasteiger partial charge in [0, 0.05) is 19.4 Å². The largest absolute Gasteiger partial charge is 0.383 e. The van der Waals surface area contributed by atoms with Crippen LogP contribution in [0.15, 0.2) is 28.6 Å². The van der Waals surface area contributed by atoms with E-state index in [0.717, 1.165) is 10.1 Å². The second kappa shape index (κ2) is 8.72. The Hall–Kier alpha value is -1.64. The molecule has 2 rings (SSSR count). The van der Waals surface area contributed by atoms with Crippen LogP contribution in [0.25, 0.3) is 0 Å². The number of hydrogen-bond acceptors (Lipinski definition) is 6. The van der Waals surface area contributed by atoms with Gasteiger partial charge in [0.2, 0.25) is 5.13 Å². The summed E-state index contributed by atoms with van der Waals surface area (Å²) in [5, 5.41) is 13.8. The summed E-state index contributed by atoms with van der Waals surface area (Å²) >= 11 is 2.97. The Morgan fingerprint density at radius 2 is 2.18 bits per heavy atom. The molecule has 0 bridgehead atoms. The normalized spacial score (nSPS) is 10.5. The zero-order chi connectivity index (χ0) is 15.8. The second-order valence-electron chi connectivity index (χ2n) is 4.46. The number of thioether (sulfide) groups is 1. The van der Waals surface area contributed by atoms with Crippen LogP contribution in [-0.4, -0.2) is 36.5 Å². The molecule has 22 heavy (non-hydrogen) atoms. The lowest BCUT2D eigenvalue weighted by Gasteiger charge is -2.03. The van der Waals surface area contributed by atoms with E-state index >= 15 is 0 Å². The molecule has 0 aliphatic carbocycles. The number of ether oxygens (including phenoxy) is 1. The van der Waals surface area contributed by atoms with E-state index in [1.54, 1.807) is 18.9 Å². The fourth-order valence-corrected chi connectivity index (χ4v) is 3.46. The van der Waals surface area contributed by atoms with Gasteiger partial charge in [0.05, 0.1) is 6.61 Å². The smallest absolute Gasteiger partial charge is 0.321 e. The van der Waals surface area contributed by atoms with Crippen LogP contribution in [0.3, 0.4) is 0 Å². The van der Waals surface area contributed by atoms with Crippen LogP contribution in [0.5, 0.6) is 0 Å². The number of nitrogens with one attached hydrogen (secondary N) is 2. The van der Waals surface area contributed by atoms with Crippen LogP contribution < -0.4 is 10.6 Å². The van der Waals surface area contributed by atoms with E-state index in [1.165, 1.54) is 22.5 Å². The van der Waals surface area contributed by atoms with Gasteiger partial charge in [0.15, 0.2) is 4.34 Å². The van der Waals surface area contributed by atoms with Crippen LogP contribution in [-0.2, 0) is 10.5 Å². The third kappa shape index (κ3) is 5.28. The maximum absolute atomic E-state index is 11.6. The minimum atomic E-state index is -0.302. The molecule has 0 saturated heterocycles. The number of benzene rings is 1. The molecule has 6 nitrogen and oxygen atoms in total. The summed E-state index contributed by atoms with van der Waals surface area (Å²) in [6.45, 7) is 3.02. The van der Waals surface area contributed by atoms with Gasteiger partial charge in [0.25, 0.3) is 0 Å². The molecule has 0 atom stereocenters. The highest BCUT2D eigenvalue weighted by molar-refractivity contribution is 8.00. The lowest BCUT2D eigenvalue weighted by molar-refractivity contribution is 0.198. The summed E-state index contributed by atoms with van der Waals surface area (Å²) in [5.41, 5.74) is 2.53. The van der Waals surface area contributed by atoms with Gasteiger partial charge >= 0.3 is 6.03 Å². The molecule has 0 spiro atoms. The van der Waals surface area contributed by atoms with Gasteiger partial charge in [-0.3, -0.25) is 5.32 Å². The Morgan fingerprint density at radius 3 is 2.95 bits per heavy atom. The van der Waals surface area contributed by atoms with Crippen molar-refractivity contribution in [2.75, 3.05) is 25.6 Å². The first-order valence-corrected chi connectivity index (χ1v) is 8.54. The molecule has 1 aromatic carbocycles. The van der Waals surface area contributed by atoms with Crippen LogP contribution in [0, 0.1) is 6.92 Å². The van der Waals surface area contributed by atoms with E-state index in [9.17, 15) is 4.79 Å². The molecular weight excluding hydrogens is 320 g/mol. The molecule has 118 valence electrons. The third-order valence-corrected chi connectivity index (χ3v) is 4.85. The van der Waals surface area contributed by atoms with E-state index < -0.39 is 0 Å². The summed E-state index contributed by atoms with van der Waals surface area (Å²) in [6.07, 6.45) is 0. The van der Waals surface area contributed by atoms with Gasteiger partial charge in [-0.1, -0.05) is 47.4 Å². The number of amides is 2. The molecule has 2 N–H and O–H groups in total. The van der Waals surface area contributed by atoms with Crippen molar-refractivity contribution < 1.29 is 9.53 Å². The molecule has 0 aliphatic heterocycles. The number of nitrogens with zero attached hydrogens (tertiary/aromatic N) is 2. The SMILES string of the molecule is COCCNC(=O)Nc1nnc(SCc2ccccc2C)s1. The van der Waals surface area contributed by atoms with Crippen LogP contribution in [0.2, 0.25) is 0 Å². The molecule has 8 heteroatoms. The van der Waals surface area contributed by atoms with Crippen molar-refractivity contribution in [2.24, 2.45) is 0 Å². The minimum absolute atomic E-state index is 0.302. The summed E-state index contributed by atoms with van der Waals surface area (Å²) in [5.74, 6) is 0.835. The van der Waals surface area contributed by atoms with E-state index in [4.69, 9.17) is 4.74 Å². The van der Waals surface area contributed by atoms with Crippen LogP contribution in [0.1, 0.15) is 11.1 Å². The van der Waals surface area contributed by atoms with Crippen molar-refractivity contribution in [1.82, 2.24) is 15.5 Å². The molecular formula is C14H18N4O2S2. The average molecular weight is 338 g/mol. The molecule has 2 amide bonds. The van der Waals surface area contributed by atoms with Crippen molar-refractivity contribution in [3.05, 3.63) is 35.4 Å². The maximum atomic E-state index is 11.6. The summed E-state index contributed by atoms with van der Waals surface area (Å²) < 4.78 is 5.69.